The number of H-pyrrole nitrogens is 1. The molecular weight excluding hydrogens is 322 g/mol. The van der Waals surface area contributed by atoms with E-state index < -0.39 is 11.6 Å². The number of hydrogen-bond donors (Lipinski definition) is 1. The quantitative estimate of drug-likeness (QED) is 0.780. The highest BCUT2D eigenvalue weighted by molar-refractivity contribution is 6.50. The van der Waals surface area contributed by atoms with Crippen LogP contribution in [0.25, 0.3) is 22.1 Å². The number of hydrogen-bond acceptors (Lipinski definition) is 2. The number of nitrogens with zero attached hydrogens (tertiary/aromatic N) is 3. The standard InChI is InChI=1S/C16H13ClF2N4/c1-23-15(9(7-20-23)8-2-3-8)4-10(17)16-21-13-5-11(18)12(19)6-14(13)22-16/h4-8H,2-3H2,1H3,(H,21,22)/b10-4-. The Labute approximate surface area is 135 Å². The zero-order chi connectivity index (χ0) is 16.1. The van der Waals surface area contributed by atoms with Crippen molar-refractivity contribution in [2.45, 2.75) is 18.8 Å². The molecular formula is C16H13ClF2N4. The van der Waals surface area contributed by atoms with Crippen LogP contribution in [0.3, 0.4) is 0 Å². The lowest BCUT2D eigenvalue weighted by molar-refractivity contribution is 0.510. The Bertz CT molecular complexity index is 898. The Balaban J connectivity index is 1.76. The molecule has 0 saturated heterocycles. The minimum atomic E-state index is -0.932. The van der Waals surface area contributed by atoms with Crippen LogP contribution < -0.4 is 0 Å². The van der Waals surface area contributed by atoms with Gasteiger partial charge in [0.2, 0.25) is 0 Å². The molecule has 0 aliphatic heterocycles. The summed E-state index contributed by atoms with van der Waals surface area (Å²) in [5.74, 6) is -0.943. The first kappa shape index (κ1) is 14.4. The van der Waals surface area contributed by atoms with Crippen LogP contribution in [0, 0.1) is 11.6 Å². The zero-order valence-corrected chi connectivity index (χ0v) is 13.0. The third kappa shape index (κ3) is 2.53. The maximum Gasteiger partial charge on any atom is 0.161 e. The summed E-state index contributed by atoms with van der Waals surface area (Å²) in [5, 5.41) is 4.64. The van der Waals surface area contributed by atoms with Crippen molar-refractivity contribution in [1.82, 2.24) is 19.7 Å². The molecule has 1 aliphatic rings. The lowest BCUT2D eigenvalue weighted by Crippen LogP contribution is -1.95. The fraction of sp³-hybridized carbons (Fsp3) is 0.250. The van der Waals surface area contributed by atoms with Crippen LogP contribution in [0.5, 0.6) is 0 Å². The van der Waals surface area contributed by atoms with Crippen molar-refractivity contribution in [3.8, 4) is 0 Å². The number of benzene rings is 1. The fourth-order valence-electron chi connectivity index (χ4n) is 2.66. The van der Waals surface area contributed by atoms with Gasteiger partial charge in [-0.2, -0.15) is 5.10 Å². The number of halogens is 3. The average molecular weight is 335 g/mol. The molecule has 0 bridgehead atoms. The van der Waals surface area contributed by atoms with Gasteiger partial charge < -0.3 is 4.98 Å². The Morgan fingerprint density at radius 2 is 2.09 bits per heavy atom. The van der Waals surface area contributed by atoms with E-state index in [9.17, 15) is 8.78 Å². The van der Waals surface area contributed by atoms with Crippen LogP contribution in [-0.2, 0) is 7.05 Å². The second kappa shape index (κ2) is 5.16. The van der Waals surface area contributed by atoms with Crippen molar-refractivity contribution in [3.05, 3.63) is 47.0 Å². The summed E-state index contributed by atoms with van der Waals surface area (Å²) >= 11 is 6.36. The molecule has 1 aliphatic carbocycles. The van der Waals surface area contributed by atoms with Gasteiger partial charge in [-0.15, -0.1) is 0 Å². The molecule has 0 atom stereocenters. The summed E-state index contributed by atoms with van der Waals surface area (Å²) in [6.07, 6.45) is 5.96. The third-order valence-corrected chi connectivity index (χ3v) is 4.33. The van der Waals surface area contributed by atoms with Gasteiger partial charge in [0, 0.05) is 24.7 Å². The zero-order valence-electron chi connectivity index (χ0n) is 12.3. The Morgan fingerprint density at radius 1 is 1.35 bits per heavy atom. The second-order valence-corrected chi connectivity index (χ2v) is 6.15. The Morgan fingerprint density at radius 3 is 2.83 bits per heavy atom. The van der Waals surface area contributed by atoms with Crippen molar-refractivity contribution in [2.24, 2.45) is 7.05 Å². The number of aromatic amines is 1. The van der Waals surface area contributed by atoms with Crippen LogP contribution in [-0.4, -0.2) is 19.7 Å². The number of imidazole rings is 1. The number of aryl methyl sites for hydroxylation is 1. The minimum absolute atomic E-state index is 0.331. The van der Waals surface area contributed by atoms with Gasteiger partial charge in [0.25, 0.3) is 0 Å². The van der Waals surface area contributed by atoms with Gasteiger partial charge in [-0.1, -0.05) is 11.6 Å². The van der Waals surface area contributed by atoms with Gasteiger partial charge in [-0.25, -0.2) is 13.8 Å². The number of rotatable bonds is 3. The highest BCUT2D eigenvalue weighted by Crippen LogP contribution is 2.42. The van der Waals surface area contributed by atoms with Gasteiger partial charge in [-0.05, 0) is 24.8 Å². The number of nitrogens with one attached hydrogen (secondary N) is 1. The molecule has 3 aromatic rings. The lowest BCUT2D eigenvalue weighted by atomic mass is 10.1. The molecule has 1 N–H and O–H groups in total. The van der Waals surface area contributed by atoms with Gasteiger partial charge in [0.1, 0.15) is 5.82 Å². The van der Waals surface area contributed by atoms with Crippen LogP contribution in [0.2, 0.25) is 0 Å². The molecule has 1 saturated carbocycles. The van der Waals surface area contributed by atoms with E-state index in [1.165, 1.54) is 5.56 Å². The summed E-state index contributed by atoms with van der Waals surface area (Å²) in [6, 6.07) is 2.12. The molecule has 118 valence electrons. The van der Waals surface area contributed by atoms with E-state index in [4.69, 9.17) is 11.6 Å². The molecule has 0 amide bonds. The maximum atomic E-state index is 13.3. The predicted molar refractivity (Wildman–Crippen MR) is 84.9 cm³/mol. The van der Waals surface area contributed by atoms with Gasteiger partial charge in [-0.3, -0.25) is 4.68 Å². The summed E-state index contributed by atoms with van der Waals surface area (Å²) in [5.41, 5.74) is 2.82. The topological polar surface area (TPSA) is 46.5 Å². The third-order valence-electron chi connectivity index (χ3n) is 4.05. The summed E-state index contributed by atoms with van der Waals surface area (Å²) in [6.45, 7) is 0. The van der Waals surface area contributed by atoms with Crippen LogP contribution >= 0.6 is 11.6 Å². The van der Waals surface area contributed by atoms with E-state index in [1.54, 1.807) is 10.8 Å². The highest BCUT2D eigenvalue weighted by Gasteiger charge is 2.27. The summed E-state index contributed by atoms with van der Waals surface area (Å²) < 4.78 is 28.3. The van der Waals surface area contributed by atoms with Crippen molar-refractivity contribution < 1.29 is 8.78 Å². The van der Waals surface area contributed by atoms with E-state index >= 15 is 0 Å². The SMILES string of the molecule is Cn1ncc(C2CC2)c1/C=C(\Cl)c1nc2cc(F)c(F)cc2[nH]1. The number of fused-ring (bicyclic) bond motifs is 1. The maximum absolute atomic E-state index is 13.3. The molecule has 0 spiro atoms. The monoisotopic (exact) mass is 334 g/mol. The lowest BCUT2D eigenvalue weighted by Gasteiger charge is -2.01. The molecule has 2 aromatic heterocycles. The molecule has 0 radical (unpaired) electrons. The average Bonchev–Trinajstić information content (AvgIpc) is 3.18. The highest BCUT2D eigenvalue weighted by atomic mass is 35.5. The molecule has 23 heavy (non-hydrogen) atoms. The van der Waals surface area contributed by atoms with Crippen molar-refractivity contribution in [2.75, 3.05) is 0 Å². The van der Waals surface area contributed by atoms with Crippen molar-refractivity contribution in [3.63, 3.8) is 0 Å². The van der Waals surface area contributed by atoms with Gasteiger partial charge >= 0.3 is 0 Å². The van der Waals surface area contributed by atoms with E-state index in [0.29, 0.717) is 27.8 Å². The van der Waals surface area contributed by atoms with E-state index in [-0.39, 0.29) is 0 Å². The van der Waals surface area contributed by atoms with Gasteiger partial charge in [0.15, 0.2) is 11.6 Å². The van der Waals surface area contributed by atoms with Crippen molar-refractivity contribution >= 4 is 33.7 Å². The number of aromatic nitrogens is 4. The largest absolute Gasteiger partial charge is 0.337 e. The smallest absolute Gasteiger partial charge is 0.161 e. The molecule has 4 rings (SSSR count). The first-order chi connectivity index (χ1) is 11.0. The normalized spacial score (nSPS) is 15.6. The first-order valence-electron chi connectivity index (χ1n) is 7.27. The first-order valence-corrected chi connectivity index (χ1v) is 7.65. The molecule has 4 nitrogen and oxygen atoms in total. The van der Waals surface area contributed by atoms with Gasteiger partial charge in [0.05, 0.1) is 28.0 Å². The van der Waals surface area contributed by atoms with Crippen LogP contribution in [0.4, 0.5) is 8.78 Å². The predicted octanol–water partition coefficient (Wildman–Crippen LogP) is 4.19. The fourth-order valence-corrected chi connectivity index (χ4v) is 2.85. The molecule has 7 heteroatoms. The van der Waals surface area contributed by atoms with Crippen LogP contribution in [0.1, 0.15) is 35.8 Å². The summed E-state index contributed by atoms with van der Waals surface area (Å²) in [4.78, 5) is 7.13. The summed E-state index contributed by atoms with van der Waals surface area (Å²) in [7, 11) is 1.85. The van der Waals surface area contributed by atoms with E-state index in [0.717, 1.165) is 30.7 Å². The second-order valence-electron chi connectivity index (χ2n) is 5.74. The molecule has 0 unspecified atom stereocenters. The molecule has 1 aromatic carbocycles. The van der Waals surface area contributed by atoms with E-state index in [1.807, 2.05) is 13.2 Å². The molecule has 2 heterocycles. The minimum Gasteiger partial charge on any atom is -0.337 e. The van der Waals surface area contributed by atoms with Crippen molar-refractivity contribution in [1.29, 1.82) is 0 Å². The Kier molecular flexibility index (Phi) is 3.23. The Hall–Kier alpha value is -2.21. The van der Waals surface area contributed by atoms with Crippen LogP contribution in [0.15, 0.2) is 18.3 Å². The van der Waals surface area contributed by atoms with E-state index in [2.05, 4.69) is 15.1 Å². The molecule has 1 fully saturated rings.